The van der Waals surface area contributed by atoms with Gasteiger partial charge in [0.25, 0.3) is 0 Å². The van der Waals surface area contributed by atoms with Crippen LogP contribution in [0.4, 0.5) is 0 Å². The molecule has 0 aliphatic rings. The van der Waals surface area contributed by atoms with E-state index < -0.39 is 6.10 Å². The zero-order chi connectivity index (χ0) is 57.6. The van der Waals surface area contributed by atoms with Crippen LogP contribution in [0.1, 0.15) is 296 Å². The van der Waals surface area contributed by atoms with Crippen LogP contribution in [-0.2, 0) is 19.1 Å². The van der Waals surface area contributed by atoms with Crippen LogP contribution in [0, 0.1) is 0 Å². The maximum Gasteiger partial charge on any atom is 0.306 e. The summed E-state index contributed by atoms with van der Waals surface area (Å²) in [6, 6.07) is 0. The maximum absolute atomic E-state index is 12.4. The summed E-state index contributed by atoms with van der Waals surface area (Å²) in [4.78, 5) is 24.6. The van der Waals surface area contributed by atoms with Crippen LogP contribution in [0.2, 0.25) is 0 Å². The Morgan fingerprint density at radius 1 is 0.287 bits per heavy atom. The summed E-state index contributed by atoms with van der Waals surface area (Å²) < 4.78 is 10.7. The molecule has 1 atom stereocenters. The Hall–Kier alpha value is -4.22. The lowest BCUT2D eigenvalue weighted by Gasteiger charge is -2.15. The van der Waals surface area contributed by atoms with Crippen molar-refractivity contribution in [3.05, 3.63) is 146 Å². The third-order valence-electron chi connectivity index (χ3n) is 14.1. The van der Waals surface area contributed by atoms with E-state index in [4.69, 9.17) is 9.47 Å². The Morgan fingerprint density at radius 2 is 0.500 bits per heavy atom. The summed E-state index contributed by atoms with van der Waals surface area (Å²) in [6.45, 7) is 3.92. The second kappa shape index (κ2) is 69.1. The summed E-state index contributed by atoms with van der Waals surface area (Å²) in [5.41, 5.74) is 0. The van der Waals surface area contributed by atoms with E-state index in [1.807, 2.05) is 0 Å². The summed E-state index contributed by atoms with van der Waals surface area (Å²) in [7, 11) is 0. The Kier molecular flexibility index (Phi) is 65.4. The van der Waals surface area contributed by atoms with E-state index in [2.05, 4.69) is 160 Å². The number of carbonyl (C=O) groups excluding carboxylic acids is 2. The second-order valence-corrected chi connectivity index (χ2v) is 21.8. The summed E-state index contributed by atoms with van der Waals surface area (Å²) in [5.74, 6) is -0.596. The molecule has 0 bridgehead atoms. The monoisotopic (exact) mass is 1100 g/mol. The molecule has 0 radical (unpaired) electrons. The number of hydrogen-bond acceptors (Lipinski definition) is 5. The normalized spacial score (nSPS) is 13.2. The molecule has 1 unspecified atom stereocenters. The predicted octanol–water partition coefficient (Wildman–Crippen LogP) is 23.3. The molecule has 0 saturated carbocycles. The molecule has 454 valence electrons. The van der Waals surface area contributed by atoms with E-state index in [1.165, 1.54) is 148 Å². The second-order valence-electron chi connectivity index (χ2n) is 21.8. The van der Waals surface area contributed by atoms with Crippen LogP contribution in [-0.4, -0.2) is 36.4 Å². The SMILES string of the molecule is CC/C=C\C/C=C\C/C=C\C/C=C\C/C=C\C/C=C\C/C=C\CCCCCCCCCCCC(=O)OC(CO)COC(=O)CCCCCCCCCCCCCCCCCCCCC/C=C\C/C=C\C/C=C\C/C=C\C/C=C\CC. The Balaban J connectivity index is 3.50. The van der Waals surface area contributed by atoms with Gasteiger partial charge in [-0.15, -0.1) is 0 Å². The fraction of sp³-hybridized carbons (Fsp3) is 0.653. The van der Waals surface area contributed by atoms with Gasteiger partial charge in [-0.05, 0) is 116 Å². The van der Waals surface area contributed by atoms with Gasteiger partial charge in [-0.3, -0.25) is 9.59 Å². The van der Waals surface area contributed by atoms with E-state index in [1.54, 1.807) is 0 Å². The number of carbonyl (C=O) groups is 2. The van der Waals surface area contributed by atoms with Crippen molar-refractivity contribution in [1.82, 2.24) is 0 Å². The Morgan fingerprint density at radius 3 is 0.750 bits per heavy atom. The Labute approximate surface area is 495 Å². The molecule has 0 aromatic heterocycles. The predicted molar refractivity (Wildman–Crippen MR) is 352 cm³/mol. The van der Waals surface area contributed by atoms with Crippen molar-refractivity contribution < 1.29 is 24.2 Å². The van der Waals surface area contributed by atoms with Crippen LogP contribution in [0.25, 0.3) is 0 Å². The van der Waals surface area contributed by atoms with Crippen LogP contribution >= 0.6 is 0 Å². The summed E-state index contributed by atoms with van der Waals surface area (Å²) in [6.07, 6.45) is 104. The van der Waals surface area contributed by atoms with Crippen LogP contribution in [0.5, 0.6) is 0 Å². The lowest BCUT2D eigenvalue weighted by Crippen LogP contribution is -2.28. The first-order chi connectivity index (χ1) is 39.6. The molecule has 5 heteroatoms. The van der Waals surface area contributed by atoms with Gasteiger partial charge >= 0.3 is 11.9 Å². The first-order valence-corrected chi connectivity index (χ1v) is 33.4. The maximum atomic E-state index is 12.4. The zero-order valence-corrected chi connectivity index (χ0v) is 52.0. The van der Waals surface area contributed by atoms with Crippen molar-refractivity contribution >= 4 is 11.9 Å². The zero-order valence-electron chi connectivity index (χ0n) is 52.0. The molecular weight excluding hydrogens is 981 g/mol. The molecule has 0 aliphatic carbocycles. The third kappa shape index (κ3) is 66.3. The molecule has 0 aromatic rings. The first kappa shape index (κ1) is 75.8. The number of hydrogen-bond donors (Lipinski definition) is 1. The van der Waals surface area contributed by atoms with E-state index in [0.717, 1.165) is 122 Å². The summed E-state index contributed by atoms with van der Waals surface area (Å²) >= 11 is 0. The van der Waals surface area contributed by atoms with Gasteiger partial charge < -0.3 is 14.6 Å². The van der Waals surface area contributed by atoms with Crippen molar-refractivity contribution in [3.63, 3.8) is 0 Å². The smallest absolute Gasteiger partial charge is 0.306 e. The highest BCUT2D eigenvalue weighted by atomic mass is 16.6. The van der Waals surface area contributed by atoms with E-state index in [9.17, 15) is 14.7 Å². The number of rotatable bonds is 60. The molecule has 0 amide bonds. The number of unbranched alkanes of at least 4 members (excludes halogenated alkanes) is 28. The third-order valence-corrected chi connectivity index (χ3v) is 14.1. The van der Waals surface area contributed by atoms with Crippen molar-refractivity contribution in [2.45, 2.75) is 302 Å². The molecule has 0 rings (SSSR count). The minimum Gasteiger partial charge on any atom is -0.462 e. The van der Waals surface area contributed by atoms with Gasteiger partial charge in [0.15, 0.2) is 6.10 Å². The molecule has 5 nitrogen and oxygen atoms in total. The highest BCUT2D eigenvalue weighted by Gasteiger charge is 2.16. The highest BCUT2D eigenvalue weighted by molar-refractivity contribution is 5.70. The van der Waals surface area contributed by atoms with Gasteiger partial charge in [0, 0.05) is 12.8 Å². The van der Waals surface area contributed by atoms with Crippen LogP contribution in [0.15, 0.2) is 146 Å². The van der Waals surface area contributed by atoms with E-state index >= 15 is 0 Å². The number of allylic oxidation sites excluding steroid dienone is 24. The molecule has 80 heavy (non-hydrogen) atoms. The molecule has 0 fully saturated rings. The Bertz CT molecular complexity index is 1680. The van der Waals surface area contributed by atoms with Gasteiger partial charge in [0.1, 0.15) is 6.61 Å². The molecule has 0 saturated heterocycles. The fourth-order valence-electron chi connectivity index (χ4n) is 9.21. The molecule has 1 N–H and O–H groups in total. The average Bonchev–Trinajstić information content (AvgIpc) is 3.46. The van der Waals surface area contributed by atoms with Crippen LogP contribution < -0.4 is 0 Å². The van der Waals surface area contributed by atoms with Gasteiger partial charge in [-0.1, -0.05) is 314 Å². The minimum absolute atomic E-state index is 0.0734. The van der Waals surface area contributed by atoms with Crippen molar-refractivity contribution in [3.8, 4) is 0 Å². The lowest BCUT2D eigenvalue weighted by molar-refractivity contribution is -0.161. The lowest BCUT2D eigenvalue weighted by atomic mass is 10.0. The number of aliphatic hydroxyl groups excluding tert-OH is 1. The van der Waals surface area contributed by atoms with Gasteiger partial charge in [-0.2, -0.15) is 0 Å². The van der Waals surface area contributed by atoms with Gasteiger partial charge in [0.05, 0.1) is 6.61 Å². The topological polar surface area (TPSA) is 72.8 Å². The average molecular weight is 1110 g/mol. The highest BCUT2D eigenvalue weighted by Crippen LogP contribution is 2.17. The van der Waals surface area contributed by atoms with E-state index in [-0.39, 0.29) is 25.2 Å². The van der Waals surface area contributed by atoms with Crippen LogP contribution in [0.3, 0.4) is 0 Å². The van der Waals surface area contributed by atoms with Crippen molar-refractivity contribution in [1.29, 1.82) is 0 Å². The molecule has 0 spiro atoms. The molecule has 0 heterocycles. The number of esters is 2. The van der Waals surface area contributed by atoms with Crippen molar-refractivity contribution in [2.75, 3.05) is 13.2 Å². The minimum atomic E-state index is -0.785. The molecular formula is C75H124O5. The number of aliphatic hydroxyl groups is 1. The number of ether oxygens (including phenoxy) is 2. The molecule has 0 aromatic carbocycles. The van der Waals surface area contributed by atoms with Crippen molar-refractivity contribution in [2.24, 2.45) is 0 Å². The quantitative estimate of drug-likeness (QED) is 0.0373. The largest absolute Gasteiger partial charge is 0.462 e. The van der Waals surface area contributed by atoms with E-state index in [0.29, 0.717) is 12.8 Å². The summed E-state index contributed by atoms with van der Waals surface area (Å²) in [5, 5.41) is 9.70. The van der Waals surface area contributed by atoms with Gasteiger partial charge in [-0.25, -0.2) is 0 Å². The standard InChI is InChI=1S/C75H124O5/c1-3-5-7-9-11-13-15-17-19-21-23-25-27-29-31-33-35-36-37-38-40-41-43-45-47-49-51-53-55-57-59-61-63-65-67-69-74(77)79-72-73(71-76)80-75(78)70-68-66-64-62-60-58-56-54-52-50-48-46-44-42-39-34-32-30-28-26-24-22-20-18-16-14-12-10-8-6-4-2/h5-8,11-14,17-20,23-26,29-32,39,42,46,48,73,76H,3-4,9-10,15-16,21-22,27-28,33-38,40-41,43-45,47,49-72H2,1-2H3/b7-5-,8-6-,13-11-,14-12-,19-17-,20-18-,25-23-,26-24-,31-29-,32-30-,42-39-,48-46-. The molecule has 0 aliphatic heterocycles. The van der Waals surface area contributed by atoms with Gasteiger partial charge in [0.2, 0.25) is 0 Å². The first-order valence-electron chi connectivity index (χ1n) is 33.4. The fourth-order valence-corrected chi connectivity index (χ4v) is 9.21.